The summed E-state index contributed by atoms with van der Waals surface area (Å²) >= 11 is 0. The molecule has 3 nitrogen and oxygen atoms in total. The van der Waals surface area contributed by atoms with Crippen molar-refractivity contribution in [2.75, 3.05) is 0 Å². The topological polar surface area (TPSA) is 46.3 Å². The third kappa shape index (κ3) is 2.14. The quantitative estimate of drug-likeness (QED) is 0.859. The average Bonchev–Trinajstić information content (AvgIpc) is 2.81. The molecular formula is C13H15NO2. The predicted octanol–water partition coefficient (Wildman–Crippen LogP) is 3.03. The van der Waals surface area contributed by atoms with Gasteiger partial charge in [0.25, 0.3) is 0 Å². The van der Waals surface area contributed by atoms with Crippen LogP contribution in [0.3, 0.4) is 0 Å². The van der Waals surface area contributed by atoms with Crippen LogP contribution in [0.25, 0.3) is 11.3 Å². The van der Waals surface area contributed by atoms with Gasteiger partial charge in [-0.1, -0.05) is 19.9 Å². The van der Waals surface area contributed by atoms with Crippen LogP contribution in [0.5, 0.6) is 0 Å². The lowest BCUT2D eigenvalue weighted by molar-refractivity contribution is 0.126. The van der Waals surface area contributed by atoms with Crippen LogP contribution in [0.15, 0.2) is 41.3 Å². The van der Waals surface area contributed by atoms with Crippen molar-refractivity contribution in [2.45, 2.75) is 20.0 Å². The first-order valence-corrected chi connectivity index (χ1v) is 5.35. The van der Waals surface area contributed by atoms with E-state index >= 15 is 0 Å². The normalized spacial score (nSPS) is 13.0. The highest BCUT2D eigenvalue weighted by Gasteiger charge is 2.12. The Bertz CT molecular complexity index is 431. The van der Waals surface area contributed by atoms with Crippen LogP contribution < -0.4 is 0 Å². The largest absolute Gasteiger partial charge is 0.472 e. The Balaban J connectivity index is 2.23. The minimum atomic E-state index is -0.453. The molecule has 2 aromatic heterocycles. The number of hydrogen-bond donors (Lipinski definition) is 1. The average molecular weight is 217 g/mol. The standard InChI is InChI=1S/C13H15NO2/c1-9(2)13(15)10-3-4-12(14-7-10)11-5-6-16-8-11/h3-9,13,15H,1-2H3. The molecule has 0 aliphatic rings. The minimum Gasteiger partial charge on any atom is -0.472 e. The molecule has 0 saturated heterocycles. The summed E-state index contributed by atoms with van der Waals surface area (Å²) < 4.78 is 5.00. The number of aliphatic hydroxyl groups excluding tert-OH is 1. The summed E-state index contributed by atoms with van der Waals surface area (Å²) in [7, 11) is 0. The van der Waals surface area contributed by atoms with Gasteiger partial charge in [-0.3, -0.25) is 4.98 Å². The van der Waals surface area contributed by atoms with Crippen molar-refractivity contribution in [3.63, 3.8) is 0 Å². The Morgan fingerprint density at radius 1 is 1.25 bits per heavy atom. The molecule has 1 unspecified atom stereocenters. The highest BCUT2D eigenvalue weighted by atomic mass is 16.3. The summed E-state index contributed by atoms with van der Waals surface area (Å²) in [5, 5.41) is 9.86. The lowest BCUT2D eigenvalue weighted by Gasteiger charge is -2.14. The lowest BCUT2D eigenvalue weighted by atomic mass is 10.0. The lowest BCUT2D eigenvalue weighted by Crippen LogP contribution is -2.05. The van der Waals surface area contributed by atoms with Crippen molar-refractivity contribution in [3.8, 4) is 11.3 Å². The van der Waals surface area contributed by atoms with E-state index in [1.807, 2.05) is 32.0 Å². The van der Waals surface area contributed by atoms with Gasteiger partial charge in [-0.2, -0.15) is 0 Å². The minimum absolute atomic E-state index is 0.196. The molecule has 0 aliphatic carbocycles. The summed E-state index contributed by atoms with van der Waals surface area (Å²) in [6.45, 7) is 3.96. The van der Waals surface area contributed by atoms with Crippen molar-refractivity contribution in [1.29, 1.82) is 0 Å². The molecule has 0 spiro atoms. The fourth-order valence-corrected chi connectivity index (χ4v) is 1.55. The molecular weight excluding hydrogens is 202 g/mol. The second-order valence-electron chi connectivity index (χ2n) is 4.18. The zero-order valence-corrected chi connectivity index (χ0v) is 9.42. The van der Waals surface area contributed by atoms with E-state index in [-0.39, 0.29) is 5.92 Å². The third-order valence-electron chi connectivity index (χ3n) is 2.58. The van der Waals surface area contributed by atoms with E-state index in [1.165, 1.54) is 0 Å². The van der Waals surface area contributed by atoms with Crippen LogP contribution in [0.4, 0.5) is 0 Å². The Labute approximate surface area is 94.8 Å². The zero-order chi connectivity index (χ0) is 11.5. The van der Waals surface area contributed by atoms with Crippen molar-refractivity contribution in [3.05, 3.63) is 42.5 Å². The maximum atomic E-state index is 9.86. The highest BCUT2D eigenvalue weighted by Crippen LogP contribution is 2.23. The number of aromatic nitrogens is 1. The molecule has 1 atom stereocenters. The molecule has 0 radical (unpaired) electrons. The van der Waals surface area contributed by atoms with Crippen LogP contribution in [-0.4, -0.2) is 10.1 Å². The summed E-state index contributed by atoms with van der Waals surface area (Å²) in [6.07, 6.45) is 4.53. The molecule has 0 amide bonds. The fourth-order valence-electron chi connectivity index (χ4n) is 1.55. The Morgan fingerprint density at radius 2 is 2.06 bits per heavy atom. The van der Waals surface area contributed by atoms with Crippen LogP contribution >= 0.6 is 0 Å². The molecule has 0 aromatic carbocycles. The summed E-state index contributed by atoms with van der Waals surface area (Å²) in [5.74, 6) is 0.196. The number of rotatable bonds is 3. The zero-order valence-electron chi connectivity index (χ0n) is 9.42. The fraction of sp³-hybridized carbons (Fsp3) is 0.308. The van der Waals surface area contributed by atoms with E-state index in [0.29, 0.717) is 0 Å². The van der Waals surface area contributed by atoms with Crippen molar-refractivity contribution in [2.24, 2.45) is 5.92 Å². The first-order valence-electron chi connectivity index (χ1n) is 5.35. The van der Waals surface area contributed by atoms with E-state index in [1.54, 1.807) is 18.7 Å². The van der Waals surface area contributed by atoms with Gasteiger partial charge in [0.05, 0.1) is 24.3 Å². The smallest absolute Gasteiger partial charge is 0.0996 e. The summed E-state index contributed by atoms with van der Waals surface area (Å²) in [5.41, 5.74) is 2.65. The molecule has 16 heavy (non-hydrogen) atoms. The number of pyridine rings is 1. The first kappa shape index (κ1) is 10.9. The Hall–Kier alpha value is -1.61. The van der Waals surface area contributed by atoms with Crippen LogP contribution in [0, 0.1) is 5.92 Å². The molecule has 2 rings (SSSR count). The summed E-state index contributed by atoms with van der Waals surface area (Å²) in [6, 6.07) is 5.66. The van der Waals surface area contributed by atoms with Gasteiger partial charge in [-0.05, 0) is 23.6 Å². The third-order valence-corrected chi connectivity index (χ3v) is 2.58. The van der Waals surface area contributed by atoms with Crippen molar-refractivity contribution < 1.29 is 9.52 Å². The second-order valence-corrected chi connectivity index (χ2v) is 4.18. The monoisotopic (exact) mass is 217 g/mol. The van der Waals surface area contributed by atoms with Gasteiger partial charge >= 0.3 is 0 Å². The molecule has 2 aromatic rings. The van der Waals surface area contributed by atoms with Crippen molar-refractivity contribution >= 4 is 0 Å². The highest BCUT2D eigenvalue weighted by molar-refractivity contribution is 5.57. The summed E-state index contributed by atoms with van der Waals surface area (Å²) in [4.78, 5) is 4.30. The number of furan rings is 1. The number of nitrogens with zero attached hydrogens (tertiary/aromatic N) is 1. The molecule has 0 saturated carbocycles. The Morgan fingerprint density at radius 3 is 2.56 bits per heavy atom. The Kier molecular flexibility index (Phi) is 3.06. The molecule has 2 heterocycles. The van der Waals surface area contributed by atoms with Gasteiger partial charge in [0.15, 0.2) is 0 Å². The molecule has 0 fully saturated rings. The van der Waals surface area contributed by atoms with Gasteiger partial charge < -0.3 is 9.52 Å². The van der Waals surface area contributed by atoms with Gasteiger partial charge in [0.1, 0.15) is 0 Å². The van der Waals surface area contributed by atoms with Crippen LogP contribution in [0.2, 0.25) is 0 Å². The predicted molar refractivity (Wildman–Crippen MR) is 61.7 cm³/mol. The van der Waals surface area contributed by atoms with E-state index in [4.69, 9.17) is 4.42 Å². The number of aliphatic hydroxyl groups is 1. The molecule has 0 bridgehead atoms. The van der Waals surface area contributed by atoms with E-state index in [9.17, 15) is 5.11 Å². The van der Waals surface area contributed by atoms with E-state index in [2.05, 4.69) is 4.98 Å². The van der Waals surface area contributed by atoms with Gasteiger partial charge in [-0.15, -0.1) is 0 Å². The SMILES string of the molecule is CC(C)C(O)c1ccc(-c2ccoc2)nc1. The van der Waals surface area contributed by atoms with Crippen LogP contribution in [0.1, 0.15) is 25.5 Å². The molecule has 3 heteroatoms. The molecule has 0 aliphatic heterocycles. The van der Waals surface area contributed by atoms with Gasteiger partial charge in [-0.25, -0.2) is 0 Å². The van der Waals surface area contributed by atoms with Gasteiger partial charge in [0.2, 0.25) is 0 Å². The first-order chi connectivity index (χ1) is 7.68. The van der Waals surface area contributed by atoms with Gasteiger partial charge in [0, 0.05) is 11.8 Å². The second kappa shape index (κ2) is 4.49. The van der Waals surface area contributed by atoms with Crippen LogP contribution in [-0.2, 0) is 0 Å². The van der Waals surface area contributed by atoms with Crippen molar-refractivity contribution in [1.82, 2.24) is 4.98 Å². The number of hydrogen-bond acceptors (Lipinski definition) is 3. The maximum Gasteiger partial charge on any atom is 0.0996 e. The van der Waals surface area contributed by atoms with E-state index in [0.717, 1.165) is 16.8 Å². The molecule has 84 valence electrons. The molecule has 1 N–H and O–H groups in total. The van der Waals surface area contributed by atoms with E-state index < -0.39 is 6.10 Å². The maximum absolute atomic E-state index is 9.86.